The van der Waals surface area contributed by atoms with Crippen molar-refractivity contribution < 1.29 is 4.79 Å². The molecule has 0 bridgehead atoms. The Morgan fingerprint density at radius 1 is 0.889 bits per heavy atom. The molecule has 1 amide bonds. The number of hydrazine groups is 1. The molecule has 1 aliphatic heterocycles. The van der Waals surface area contributed by atoms with E-state index in [2.05, 4.69) is 101 Å². The van der Waals surface area contributed by atoms with Crippen LogP contribution < -0.4 is 22.0 Å². The Labute approximate surface area is 214 Å². The minimum absolute atomic E-state index is 0.0186. The number of carbonyl (C=O) groups is 1. The summed E-state index contributed by atoms with van der Waals surface area (Å²) in [5.41, 5.74) is 7.65. The first kappa shape index (κ1) is 25.5. The third-order valence-corrected chi connectivity index (χ3v) is 7.32. The van der Waals surface area contributed by atoms with Crippen LogP contribution in [0.1, 0.15) is 58.2 Å². The number of amidine groups is 1. The van der Waals surface area contributed by atoms with E-state index in [-0.39, 0.29) is 17.9 Å². The van der Waals surface area contributed by atoms with Gasteiger partial charge in [-0.05, 0) is 44.7 Å². The maximum atomic E-state index is 14.3. The van der Waals surface area contributed by atoms with Crippen LogP contribution >= 0.6 is 0 Å². The van der Waals surface area contributed by atoms with Gasteiger partial charge in [-0.3, -0.25) is 4.79 Å². The summed E-state index contributed by atoms with van der Waals surface area (Å²) < 4.78 is 0. The van der Waals surface area contributed by atoms with E-state index < -0.39 is 10.8 Å². The minimum atomic E-state index is -0.882. The van der Waals surface area contributed by atoms with E-state index in [9.17, 15) is 4.79 Å². The van der Waals surface area contributed by atoms with E-state index in [4.69, 9.17) is 11.7 Å². The predicted molar refractivity (Wildman–Crippen MR) is 149 cm³/mol. The summed E-state index contributed by atoms with van der Waals surface area (Å²) in [5.74, 6) is 11.4. The van der Waals surface area contributed by atoms with Crippen LogP contribution in [0.25, 0.3) is 11.1 Å². The number of anilines is 1. The number of hydrazone groups is 1. The quantitative estimate of drug-likeness (QED) is 0.209. The van der Waals surface area contributed by atoms with Gasteiger partial charge in [-0.2, -0.15) is 5.10 Å². The topological polar surface area (TPSA) is 96.7 Å². The van der Waals surface area contributed by atoms with Crippen LogP contribution in [0.4, 0.5) is 5.69 Å². The van der Waals surface area contributed by atoms with Gasteiger partial charge in [0, 0.05) is 5.69 Å². The molecule has 0 spiro atoms. The van der Waals surface area contributed by atoms with Crippen LogP contribution in [-0.2, 0) is 15.6 Å². The maximum Gasteiger partial charge on any atom is 0.243 e. The summed E-state index contributed by atoms with van der Waals surface area (Å²) in [5, 5.41) is 3.71. The van der Waals surface area contributed by atoms with Crippen molar-refractivity contribution in [3.8, 4) is 11.1 Å². The standard InChI is InChI=1S/C30H37N5O/c1-28(2,3)22-15-11-20(12-16-22)21-13-17-23(18-14-21)30(29(4,5)6)24-9-7-8-10-25(24)35(27(30)36)19-26(33-31)34-32/h7-18H,19,31-32H2,1-6H3,(H,33,34). The molecule has 3 aromatic carbocycles. The van der Waals surface area contributed by atoms with E-state index in [1.165, 1.54) is 5.56 Å². The predicted octanol–water partition coefficient (Wildman–Crippen LogP) is 5.07. The number of para-hydroxylation sites is 1. The van der Waals surface area contributed by atoms with Gasteiger partial charge in [0.1, 0.15) is 5.41 Å². The van der Waals surface area contributed by atoms with Gasteiger partial charge < -0.3 is 16.2 Å². The van der Waals surface area contributed by atoms with E-state index in [1.54, 1.807) is 4.90 Å². The summed E-state index contributed by atoms with van der Waals surface area (Å²) >= 11 is 0. The number of amides is 1. The molecule has 188 valence electrons. The summed E-state index contributed by atoms with van der Waals surface area (Å²) in [6.45, 7) is 13.2. The zero-order valence-corrected chi connectivity index (χ0v) is 22.1. The Morgan fingerprint density at radius 2 is 1.44 bits per heavy atom. The van der Waals surface area contributed by atoms with Gasteiger partial charge in [-0.15, -0.1) is 0 Å². The fraction of sp³-hybridized carbons (Fsp3) is 0.333. The molecule has 0 aromatic heterocycles. The third-order valence-electron chi connectivity index (χ3n) is 7.32. The number of rotatable bonds is 4. The Bertz CT molecular complexity index is 1280. The van der Waals surface area contributed by atoms with Gasteiger partial charge in [-0.25, -0.2) is 5.84 Å². The molecular weight excluding hydrogens is 446 g/mol. The van der Waals surface area contributed by atoms with Crippen molar-refractivity contribution in [3.63, 3.8) is 0 Å². The first-order valence-electron chi connectivity index (χ1n) is 12.3. The van der Waals surface area contributed by atoms with Gasteiger partial charge in [-0.1, -0.05) is 108 Å². The lowest BCUT2D eigenvalue weighted by Gasteiger charge is -2.41. The van der Waals surface area contributed by atoms with E-state index in [0.717, 1.165) is 27.9 Å². The first-order chi connectivity index (χ1) is 16.9. The van der Waals surface area contributed by atoms with E-state index in [1.807, 2.05) is 24.3 Å². The molecule has 36 heavy (non-hydrogen) atoms. The van der Waals surface area contributed by atoms with Crippen LogP contribution in [0.5, 0.6) is 0 Å². The molecule has 3 aromatic rings. The smallest absolute Gasteiger partial charge is 0.243 e. The molecule has 0 saturated heterocycles. The van der Waals surface area contributed by atoms with E-state index >= 15 is 0 Å². The molecular formula is C30H37N5O. The van der Waals surface area contributed by atoms with Crippen LogP contribution in [0, 0.1) is 5.41 Å². The van der Waals surface area contributed by atoms with Gasteiger partial charge in [0.25, 0.3) is 0 Å². The van der Waals surface area contributed by atoms with E-state index in [0.29, 0.717) is 5.84 Å². The minimum Gasteiger partial charge on any atom is -0.321 e. The van der Waals surface area contributed by atoms with Crippen molar-refractivity contribution >= 4 is 17.4 Å². The second kappa shape index (κ2) is 9.10. The van der Waals surface area contributed by atoms with Crippen molar-refractivity contribution in [1.29, 1.82) is 0 Å². The highest BCUT2D eigenvalue weighted by molar-refractivity contribution is 6.13. The second-order valence-corrected chi connectivity index (χ2v) is 11.5. The SMILES string of the molecule is CC(C)(C)c1ccc(-c2ccc(C3(C(C)(C)C)C(=O)N(C/C(=N/N)NN)c4ccccc43)cc2)cc1. The molecule has 1 unspecified atom stereocenters. The molecule has 0 radical (unpaired) electrons. The number of benzene rings is 3. The number of hydrogen-bond acceptors (Lipinski definition) is 4. The normalized spacial score (nSPS) is 18.4. The number of hydrogen-bond donors (Lipinski definition) is 3. The fourth-order valence-corrected chi connectivity index (χ4v) is 5.40. The van der Waals surface area contributed by atoms with Gasteiger partial charge in [0.15, 0.2) is 5.84 Å². The molecule has 1 aliphatic rings. The zero-order chi connectivity index (χ0) is 26.3. The zero-order valence-electron chi connectivity index (χ0n) is 22.1. The Morgan fingerprint density at radius 3 is 1.94 bits per heavy atom. The Balaban J connectivity index is 1.82. The highest BCUT2D eigenvalue weighted by atomic mass is 16.2. The molecule has 6 heteroatoms. The second-order valence-electron chi connectivity index (χ2n) is 11.5. The summed E-state index contributed by atoms with van der Waals surface area (Å²) in [6, 6.07) is 25.1. The molecule has 0 saturated carbocycles. The van der Waals surface area contributed by atoms with Gasteiger partial charge in [0.05, 0.1) is 6.54 Å². The van der Waals surface area contributed by atoms with Crippen LogP contribution in [0.2, 0.25) is 0 Å². The number of nitrogens with zero attached hydrogens (tertiary/aromatic N) is 2. The highest BCUT2D eigenvalue weighted by Crippen LogP contribution is 2.55. The number of carbonyl (C=O) groups excluding carboxylic acids is 1. The van der Waals surface area contributed by atoms with Gasteiger partial charge >= 0.3 is 0 Å². The lowest BCUT2D eigenvalue weighted by atomic mass is 9.59. The average molecular weight is 484 g/mol. The Hall–Kier alpha value is -3.64. The Kier molecular flexibility index (Phi) is 6.43. The monoisotopic (exact) mass is 483 g/mol. The largest absolute Gasteiger partial charge is 0.321 e. The molecule has 6 nitrogen and oxygen atoms in total. The lowest BCUT2D eigenvalue weighted by Crippen LogP contribution is -2.52. The van der Waals surface area contributed by atoms with Crippen LogP contribution in [0.15, 0.2) is 77.9 Å². The first-order valence-corrected chi connectivity index (χ1v) is 12.3. The maximum absolute atomic E-state index is 14.3. The summed E-state index contributed by atoms with van der Waals surface area (Å²) in [7, 11) is 0. The van der Waals surface area contributed by atoms with Crippen LogP contribution in [0.3, 0.4) is 0 Å². The van der Waals surface area contributed by atoms with Crippen molar-refractivity contribution in [1.82, 2.24) is 5.43 Å². The third kappa shape index (κ3) is 4.05. The molecule has 4 rings (SSSR count). The lowest BCUT2D eigenvalue weighted by molar-refractivity contribution is -0.124. The van der Waals surface area contributed by atoms with Crippen molar-refractivity contribution in [2.75, 3.05) is 11.4 Å². The molecule has 1 atom stereocenters. The molecule has 5 N–H and O–H groups in total. The van der Waals surface area contributed by atoms with Crippen LogP contribution in [-0.4, -0.2) is 18.3 Å². The average Bonchev–Trinajstić information content (AvgIpc) is 3.10. The summed E-state index contributed by atoms with van der Waals surface area (Å²) in [4.78, 5) is 16.1. The summed E-state index contributed by atoms with van der Waals surface area (Å²) in [6.07, 6.45) is 0. The van der Waals surface area contributed by atoms with Crippen molar-refractivity contribution in [2.45, 2.75) is 52.4 Å². The highest BCUT2D eigenvalue weighted by Gasteiger charge is 2.58. The number of nitrogens with two attached hydrogens (primary N) is 2. The molecule has 0 fully saturated rings. The fourth-order valence-electron chi connectivity index (χ4n) is 5.40. The number of nitrogens with one attached hydrogen (secondary N) is 1. The number of fused-ring (bicyclic) bond motifs is 1. The van der Waals surface area contributed by atoms with Crippen molar-refractivity contribution in [2.24, 2.45) is 22.2 Å². The van der Waals surface area contributed by atoms with Gasteiger partial charge in [0.2, 0.25) is 5.91 Å². The molecule has 0 aliphatic carbocycles. The molecule has 1 heterocycles. The van der Waals surface area contributed by atoms with Crippen molar-refractivity contribution in [3.05, 3.63) is 89.5 Å².